The summed E-state index contributed by atoms with van der Waals surface area (Å²) in [5, 5.41) is 3.11. The summed E-state index contributed by atoms with van der Waals surface area (Å²) in [5.74, 6) is -1.88. The maximum Gasteiger partial charge on any atom is 0.326 e. The highest BCUT2D eigenvalue weighted by Gasteiger charge is 2.61. The molecule has 1 aromatic carbocycles. The number of esters is 1. The first-order valence-corrected chi connectivity index (χ1v) is 10.7. The van der Waals surface area contributed by atoms with Gasteiger partial charge in [-0.3, -0.25) is 24.1 Å². The SMILES string of the molecule is Cc1c(NC(=O)COC(=O)CN2C(=O)[C@@H]3[C@H]4CC[C@@H](C4)[C@@H]3C2=O)ccc(Br)c1Cl. The van der Waals surface area contributed by atoms with Crippen molar-refractivity contribution in [3.63, 3.8) is 0 Å². The number of amides is 3. The molecule has 1 heterocycles. The molecule has 0 unspecified atom stereocenters. The summed E-state index contributed by atoms with van der Waals surface area (Å²) >= 11 is 9.43. The van der Waals surface area contributed by atoms with Crippen LogP contribution in [0.1, 0.15) is 24.8 Å². The molecule has 3 fully saturated rings. The predicted octanol–water partition coefficient (Wildman–Crippen LogP) is 2.92. The topological polar surface area (TPSA) is 92.8 Å². The lowest BCUT2D eigenvalue weighted by molar-refractivity contribution is -0.154. The molecule has 154 valence electrons. The molecular formula is C20H20BrClN2O5. The van der Waals surface area contributed by atoms with E-state index in [4.69, 9.17) is 16.3 Å². The van der Waals surface area contributed by atoms with Crippen molar-refractivity contribution in [1.29, 1.82) is 0 Å². The van der Waals surface area contributed by atoms with Gasteiger partial charge in [-0.1, -0.05) is 11.6 Å². The highest BCUT2D eigenvalue weighted by molar-refractivity contribution is 9.10. The van der Waals surface area contributed by atoms with Crippen LogP contribution in [-0.4, -0.2) is 41.7 Å². The molecule has 2 saturated carbocycles. The van der Waals surface area contributed by atoms with E-state index in [1.165, 1.54) is 0 Å². The van der Waals surface area contributed by atoms with E-state index in [1.807, 2.05) is 0 Å². The smallest absolute Gasteiger partial charge is 0.326 e. The van der Waals surface area contributed by atoms with Crippen LogP contribution in [0.2, 0.25) is 5.02 Å². The van der Waals surface area contributed by atoms with Crippen molar-refractivity contribution >= 4 is 56.9 Å². The van der Waals surface area contributed by atoms with Crippen molar-refractivity contribution in [2.24, 2.45) is 23.7 Å². The standard InChI is InChI=1S/C20H20BrClN2O5/c1-9-13(5-4-12(21)18(9)22)23-14(25)8-29-15(26)7-24-19(27)16-10-2-3-11(6-10)17(16)20(24)28/h4-5,10-11,16-17H,2-3,6-8H2,1H3,(H,23,25)/t10-,11-,16-,17+/m0/s1. The minimum absolute atomic E-state index is 0.259. The van der Waals surface area contributed by atoms with Gasteiger partial charge in [-0.05, 0) is 71.6 Å². The minimum Gasteiger partial charge on any atom is -0.454 e. The number of fused-ring (bicyclic) bond motifs is 5. The lowest BCUT2D eigenvalue weighted by Gasteiger charge is -2.19. The van der Waals surface area contributed by atoms with Crippen LogP contribution in [-0.2, 0) is 23.9 Å². The largest absolute Gasteiger partial charge is 0.454 e. The number of imide groups is 1. The molecule has 29 heavy (non-hydrogen) atoms. The molecule has 0 aromatic heterocycles. The van der Waals surface area contributed by atoms with Crippen LogP contribution in [0, 0.1) is 30.6 Å². The number of carbonyl (C=O) groups is 4. The molecule has 7 nitrogen and oxygen atoms in total. The number of nitrogens with zero attached hydrogens (tertiary/aromatic N) is 1. The molecule has 0 radical (unpaired) electrons. The Morgan fingerprint density at radius 3 is 2.45 bits per heavy atom. The van der Waals surface area contributed by atoms with Crippen molar-refractivity contribution in [3.8, 4) is 0 Å². The molecule has 0 spiro atoms. The Balaban J connectivity index is 1.30. The molecule has 4 atom stereocenters. The van der Waals surface area contributed by atoms with Gasteiger partial charge in [0.05, 0.1) is 16.9 Å². The quantitative estimate of drug-likeness (QED) is 0.513. The van der Waals surface area contributed by atoms with Gasteiger partial charge < -0.3 is 10.1 Å². The molecule has 9 heteroatoms. The summed E-state index contributed by atoms with van der Waals surface area (Å²) in [4.78, 5) is 50.4. The summed E-state index contributed by atoms with van der Waals surface area (Å²) in [7, 11) is 0. The van der Waals surface area contributed by atoms with Gasteiger partial charge in [-0.25, -0.2) is 0 Å². The van der Waals surface area contributed by atoms with E-state index in [9.17, 15) is 19.2 Å². The number of benzene rings is 1. The molecule has 3 aliphatic rings. The van der Waals surface area contributed by atoms with Crippen LogP contribution in [0.15, 0.2) is 16.6 Å². The minimum atomic E-state index is -0.778. The molecular weight excluding hydrogens is 464 g/mol. The summed E-state index contributed by atoms with van der Waals surface area (Å²) < 4.78 is 5.69. The van der Waals surface area contributed by atoms with Crippen LogP contribution in [0.25, 0.3) is 0 Å². The van der Waals surface area contributed by atoms with Crippen LogP contribution < -0.4 is 5.32 Å². The van der Waals surface area contributed by atoms with Crippen molar-refractivity contribution in [1.82, 2.24) is 4.90 Å². The van der Waals surface area contributed by atoms with Crippen molar-refractivity contribution in [3.05, 3.63) is 27.2 Å². The van der Waals surface area contributed by atoms with Gasteiger partial charge in [0, 0.05) is 10.2 Å². The van der Waals surface area contributed by atoms with E-state index in [2.05, 4.69) is 21.2 Å². The molecule has 2 bridgehead atoms. The van der Waals surface area contributed by atoms with Crippen molar-refractivity contribution in [2.75, 3.05) is 18.5 Å². The lowest BCUT2D eigenvalue weighted by Crippen LogP contribution is -2.38. The Labute approximate surface area is 181 Å². The van der Waals surface area contributed by atoms with Gasteiger partial charge in [-0.2, -0.15) is 0 Å². The van der Waals surface area contributed by atoms with Gasteiger partial charge in [0.2, 0.25) is 11.8 Å². The zero-order valence-electron chi connectivity index (χ0n) is 15.7. The Morgan fingerprint density at radius 2 is 1.83 bits per heavy atom. The van der Waals surface area contributed by atoms with Gasteiger partial charge in [0.25, 0.3) is 5.91 Å². The third-order valence-electron chi connectivity index (χ3n) is 6.28. The predicted molar refractivity (Wildman–Crippen MR) is 108 cm³/mol. The zero-order valence-corrected chi connectivity index (χ0v) is 18.1. The summed E-state index contributed by atoms with van der Waals surface area (Å²) in [6.45, 7) is 0.796. The Kier molecular flexibility index (Phi) is 5.42. The fourth-order valence-corrected chi connectivity index (χ4v) is 5.52. The Bertz CT molecular complexity index is 892. The monoisotopic (exact) mass is 482 g/mol. The number of hydrogen-bond acceptors (Lipinski definition) is 5. The number of likely N-dealkylation sites (tertiary alicyclic amines) is 1. The van der Waals surface area contributed by atoms with Gasteiger partial charge in [-0.15, -0.1) is 0 Å². The fourth-order valence-electron chi connectivity index (χ4n) is 4.92. The molecule has 1 aromatic rings. The number of carbonyl (C=O) groups excluding carboxylic acids is 4. The van der Waals surface area contributed by atoms with Crippen LogP contribution >= 0.6 is 27.5 Å². The molecule has 3 amide bonds. The fraction of sp³-hybridized carbons (Fsp3) is 0.500. The first kappa shape index (κ1) is 20.3. The lowest BCUT2D eigenvalue weighted by atomic mass is 9.81. The van der Waals surface area contributed by atoms with E-state index in [0.717, 1.165) is 24.2 Å². The van der Waals surface area contributed by atoms with Gasteiger partial charge >= 0.3 is 5.97 Å². The third kappa shape index (κ3) is 3.57. The second-order valence-corrected chi connectivity index (χ2v) is 9.12. The first-order valence-electron chi connectivity index (χ1n) is 9.53. The second kappa shape index (κ2) is 7.72. The molecule has 1 N–H and O–H groups in total. The molecule has 4 rings (SSSR count). The van der Waals surface area contributed by atoms with Crippen LogP contribution in [0.5, 0.6) is 0 Å². The molecule has 1 saturated heterocycles. The zero-order chi connectivity index (χ0) is 20.9. The van der Waals surface area contributed by atoms with Crippen LogP contribution in [0.4, 0.5) is 5.69 Å². The number of halogens is 2. The van der Waals surface area contributed by atoms with Crippen LogP contribution in [0.3, 0.4) is 0 Å². The summed E-state index contributed by atoms with van der Waals surface area (Å²) in [5.41, 5.74) is 1.18. The van der Waals surface area contributed by atoms with Gasteiger partial charge in [0.1, 0.15) is 6.54 Å². The number of nitrogens with one attached hydrogen (secondary N) is 1. The average Bonchev–Trinajstić information content (AvgIpc) is 3.37. The van der Waals surface area contributed by atoms with Crippen molar-refractivity contribution < 1.29 is 23.9 Å². The van der Waals surface area contributed by atoms with E-state index in [-0.39, 0.29) is 35.5 Å². The average molecular weight is 484 g/mol. The molecule has 1 aliphatic heterocycles. The Hall–Kier alpha value is -1.93. The van der Waals surface area contributed by atoms with E-state index < -0.39 is 25.0 Å². The second-order valence-electron chi connectivity index (χ2n) is 7.89. The molecule has 2 aliphatic carbocycles. The van der Waals surface area contributed by atoms with Gasteiger partial charge in [0.15, 0.2) is 6.61 Å². The van der Waals surface area contributed by atoms with Crippen molar-refractivity contribution in [2.45, 2.75) is 26.2 Å². The van der Waals surface area contributed by atoms with E-state index in [1.54, 1.807) is 19.1 Å². The maximum absolute atomic E-state index is 12.6. The number of anilines is 1. The number of hydrogen-bond donors (Lipinski definition) is 1. The van der Waals surface area contributed by atoms with E-state index in [0.29, 0.717) is 20.7 Å². The third-order valence-corrected chi connectivity index (χ3v) is 7.66. The first-order chi connectivity index (χ1) is 13.8. The number of rotatable bonds is 5. The highest BCUT2D eigenvalue weighted by atomic mass is 79.9. The normalized spacial score (nSPS) is 27.3. The summed E-state index contributed by atoms with van der Waals surface area (Å²) in [6.07, 6.45) is 2.89. The summed E-state index contributed by atoms with van der Waals surface area (Å²) in [6, 6.07) is 3.38. The maximum atomic E-state index is 12.6. The highest BCUT2D eigenvalue weighted by Crippen LogP contribution is 2.56. The van der Waals surface area contributed by atoms with E-state index >= 15 is 0 Å². The number of ether oxygens (including phenoxy) is 1. The Morgan fingerprint density at radius 1 is 1.21 bits per heavy atom.